The molecule has 0 spiro atoms. The minimum absolute atomic E-state index is 0.0697. The third-order valence-corrected chi connectivity index (χ3v) is 4.21. The van der Waals surface area contributed by atoms with Crippen molar-refractivity contribution < 1.29 is 23.5 Å². The quantitative estimate of drug-likeness (QED) is 0.519. The van der Waals surface area contributed by atoms with Gasteiger partial charge in [0.2, 0.25) is 5.91 Å². The molecule has 7 nitrogen and oxygen atoms in total. The lowest BCUT2D eigenvalue weighted by atomic mass is 10.0. The Morgan fingerprint density at radius 2 is 1.50 bits per heavy atom. The smallest absolute Gasteiger partial charge is 0.276 e. The maximum atomic E-state index is 13.4. The Morgan fingerprint density at radius 3 is 2.33 bits per heavy atom. The van der Waals surface area contributed by atoms with Crippen molar-refractivity contribution in [2.24, 2.45) is 0 Å². The zero-order valence-electron chi connectivity index (χ0n) is 16.0. The molecule has 3 aromatic carbocycles. The predicted octanol–water partition coefficient (Wildman–Crippen LogP) is 1.86. The summed E-state index contributed by atoms with van der Waals surface area (Å²) in [6, 6.07) is 19.1. The molecule has 0 fully saturated rings. The number of hydrogen-bond donors (Lipinski definition) is 3. The summed E-state index contributed by atoms with van der Waals surface area (Å²) in [5, 5.41) is 4.50. The lowest BCUT2D eigenvalue weighted by molar-refractivity contribution is -0.130. The normalized spacial score (nSPS) is 10.3. The molecule has 154 valence electrons. The van der Waals surface area contributed by atoms with Crippen LogP contribution in [0.1, 0.15) is 5.56 Å². The van der Waals surface area contributed by atoms with Gasteiger partial charge in [-0.3, -0.25) is 25.2 Å². The first kappa shape index (κ1) is 20.8. The van der Waals surface area contributed by atoms with E-state index in [9.17, 15) is 18.8 Å². The van der Waals surface area contributed by atoms with Crippen LogP contribution in [0.2, 0.25) is 0 Å². The van der Waals surface area contributed by atoms with Gasteiger partial charge in [-0.25, -0.2) is 4.39 Å². The van der Waals surface area contributed by atoms with Crippen LogP contribution in [0.15, 0.2) is 66.7 Å². The van der Waals surface area contributed by atoms with Crippen molar-refractivity contribution in [3.63, 3.8) is 0 Å². The van der Waals surface area contributed by atoms with Crippen molar-refractivity contribution in [3.8, 4) is 5.75 Å². The van der Waals surface area contributed by atoms with Crippen LogP contribution < -0.4 is 20.9 Å². The van der Waals surface area contributed by atoms with Gasteiger partial charge in [0.05, 0.1) is 13.0 Å². The maximum absolute atomic E-state index is 13.4. The van der Waals surface area contributed by atoms with Crippen molar-refractivity contribution >= 4 is 28.5 Å². The maximum Gasteiger partial charge on any atom is 0.276 e. The molecule has 0 aliphatic heterocycles. The fourth-order valence-corrected chi connectivity index (χ4v) is 2.79. The molecule has 30 heavy (non-hydrogen) atoms. The molecule has 8 heteroatoms. The zero-order chi connectivity index (χ0) is 21.3. The first-order chi connectivity index (χ1) is 14.5. The Morgan fingerprint density at radius 1 is 0.800 bits per heavy atom. The summed E-state index contributed by atoms with van der Waals surface area (Å²) in [4.78, 5) is 35.6. The number of hydrogen-bond acceptors (Lipinski definition) is 4. The fourth-order valence-electron chi connectivity index (χ4n) is 2.79. The first-order valence-electron chi connectivity index (χ1n) is 9.21. The van der Waals surface area contributed by atoms with Gasteiger partial charge in [0.15, 0.2) is 18.2 Å². The van der Waals surface area contributed by atoms with E-state index < -0.39 is 24.2 Å². The van der Waals surface area contributed by atoms with Gasteiger partial charge in [-0.05, 0) is 28.5 Å². The molecule has 0 aromatic heterocycles. The molecule has 0 unspecified atom stereocenters. The van der Waals surface area contributed by atoms with Crippen molar-refractivity contribution in [1.29, 1.82) is 0 Å². The molecule has 3 amide bonds. The zero-order valence-corrected chi connectivity index (χ0v) is 16.0. The third kappa shape index (κ3) is 5.78. The highest BCUT2D eigenvalue weighted by Crippen LogP contribution is 2.18. The number of para-hydroxylation sites is 1. The topological polar surface area (TPSA) is 96.5 Å². The van der Waals surface area contributed by atoms with Gasteiger partial charge >= 0.3 is 0 Å². The molecular weight excluding hydrogens is 389 g/mol. The summed E-state index contributed by atoms with van der Waals surface area (Å²) >= 11 is 0. The van der Waals surface area contributed by atoms with E-state index in [0.29, 0.717) is 0 Å². The van der Waals surface area contributed by atoms with Crippen LogP contribution in [0.25, 0.3) is 10.8 Å². The van der Waals surface area contributed by atoms with E-state index in [0.717, 1.165) is 16.3 Å². The van der Waals surface area contributed by atoms with Gasteiger partial charge in [-0.15, -0.1) is 0 Å². The molecule has 0 atom stereocenters. The molecule has 0 bridgehead atoms. The first-order valence-corrected chi connectivity index (χ1v) is 9.21. The molecular formula is C22H20FN3O4. The van der Waals surface area contributed by atoms with Crippen LogP contribution >= 0.6 is 0 Å². The number of rotatable bonds is 7. The highest BCUT2D eigenvalue weighted by molar-refractivity contribution is 5.92. The van der Waals surface area contributed by atoms with E-state index >= 15 is 0 Å². The lowest BCUT2D eigenvalue weighted by Gasteiger charge is -2.10. The summed E-state index contributed by atoms with van der Waals surface area (Å²) < 4.78 is 18.4. The van der Waals surface area contributed by atoms with Gasteiger partial charge in [0.25, 0.3) is 11.8 Å². The second kappa shape index (κ2) is 10.0. The van der Waals surface area contributed by atoms with E-state index in [-0.39, 0.29) is 24.6 Å². The average molecular weight is 409 g/mol. The summed E-state index contributed by atoms with van der Waals surface area (Å²) in [6.45, 7) is -0.785. The van der Waals surface area contributed by atoms with Gasteiger partial charge in [0, 0.05) is 0 Å². The number of carbonyl (C=O) groups excluding carboxylic acids is 3. The third-order valence-electron chi connectivity index (χ3n) is 4.21. The highest BCUT2D eigenvalue weighted by Gasteiger charge is 2.10. The predicted molar refractivity (Wildman–Crippen MR) is 109 cm³/mol. The van der Waals surface area contributed by atoms with Crippen molar-refractivity contribution in [3.05, 3.63) is 78.1 Å². The average Bonchev–Trinajstić information content (AvgIpc) is 2.76. The van der Waals surface area contributed by atoms with Gasteiger partial charge in [0.1, 0.15) is 0 Å². The number of halogens is 1. The molecule has 0 heterocycles. The summed E-state index contributed by atoms with van der Waals surface area (Å²) in [5.74, 6) is -2.27. The minimum atomic E-state index is -0.673. The van der Waals surface area contributed by atoms with Crippen LogP contribution in [0, 0.1) is 5.82 Å². The number of nitrogens with one attached hydrogen (secondary N) is 3. The van der Waals surface area contributed by atoms with E-state index in [1.807, 2.05) is 42.5 Å². The summed E-state index contributed by atoms with van der Waals surface area (Å²) in [5.41, 5.74) is 5.14. The number of ether oxygens (including phenoxy) is 1. The Bertz CT molecular complexity index is 1070. The molecule has 0 aliphatic carbocycles. The largest absolute Gasteiger partial charge is 0.481 e. The Balaban J connectivity index is 1.39. The van der Waals surface area contributed by atoms with Crippen LogP contribution in [0.4, 0.5) is 4.39 Å². The highest BCUT2D eigenvalue weighted by atomic mass is 19.1. The number of fused-ring (bicyclic) bond motifs is 1. The van der Waals surface area contributed by atoms with Gasteiger partial charge < -0.3 is 10.1 Å². The Hall–Kier alpha value is -3.94. The van der Waals surface area contributed by atoms with E-state index in [2.05, 4.69) is 16.2 Å². The molecule has 0 saturated heterocycles. The van der Waals surface area contributed by atoms with Crippen LogP contribution in [-0.2, 0) is 20.8 Å². The summed E-state index contributed by atoms with van der Waals surface area (Å²) in [7, 11) is 0. The molecule has 0 aliphatic rings. The van der Waals surface area contributed by atoms with Gasteiger partial charge in [-0.1, -0.05) is 54.6 Å². The van der Waals surface area contributed by atoms with Crippen molar-refractivity contribution in [1.82, 2.24) is 16.2 Å². The molecule has 0 radical (unpaired) electrons. The molecule has 3 aromatic rings. The van der Waals surface area contributed by atoms with Crippen molar-refractivity contribution in [2.45, 2.75) is 6.42 Å². The van der Waals surface area contributed by atoms with Crippen molar-refractivity contribution in [2.75, 3.05) is 13.2 Å². The Kier molecular flexibility index (Phi) is 6.94. The molecule has 3 rings (SSSR count). The van der Waals surface area contributed by atoms with E-state index in [1.165, 1.54) is 18.2 Å². The fraction of sp³-hybridized carbons (Fsp3) is 0.136. The molecule has 3 N–H and O–H groups in total. The second-order valence-electron chi connectivity index (χ2n) is 6.41. The number of carbonyl (C=O) groups is 3. The summed E-state index contributed by atoms with van der Waals surface area (Å²) in [6.07, 6.45) is 0.122. The monoisotopic (exact) mass is 409 g/mol. The number of hydrazine groups is 1. The van der Waals surface area contributed by atoms with Gasteiger partial charge in [-0.2, -0.15) is 0 Å². The molecule has 0 saturated carbocycles. The van der Waals surface area contributed by atoms with Crippen LogP contribution in [0.5, 0.6) is 5.75 Å². The minimum Gasteiger partial charge on any atom is -0.481 e. The Labute approximate surface area is 172 Å². The van der Waals surface area contributed by atoms with E-state index in [1.54, 1.807) is 6.07 Å². The van der Waals surface area contributed by atoms with Crippen LogP contribution in [-0.4, -0.2) is 30.9 Å². The lowest BCUT2D eigenvalue weighted by Crippen LogP contribution is -2.47. The second-order valence-corrected chi connectivity index (χ2v) is 6.41. The van der Waals surface area contributed by atoms with Crippen LogP contribution in [0.3, 0.4) is 0 Å². The number of benzene rings is 3. The number of amides is 3. The standard InChI is InChI=1S/C22H20FN3O4/c23-18-10-3-4-11-19(18)30-14-22(29)26-25-21(28)13-24-20(27)12-16-8-5-7-15-6-1-2-9-17(15)16/h1-11H,12-14H2,(H,24,27)(H,25,28)(H,26,29). The van der Waals surface area contributed by atoms with E-state index in [4.69, 9.17) is 4.74 Å². The SMILES string of the molecule is O=C(Cc1cccc2ccccc12)NCC(=O)NNC(=O)COc1ccccc1F.